The number of nitro benzene ring substituents is 1. The molecule has 1 fully saturated rings. The first kappa shape index (κ1) is 14.6. The fourth-order valence-corrected chi connectivity index (χ4v) is 2.91. The minimum Gasteiger partial charge on any atom is -0.393 e. The van der Waals surface area contributed by atoms with Gasteiger partial charge in [0.2, 0.25) is 0 Å². The summed E-state index contributed by atoms with van der Waals surface area (Å²) in [4.78, 5) is 15.0. The van der Waals surface area contributed by atoms with E-state index >= 15 is 0 Å². The van der Waals surface area contributed by atoms with Crippen LogP contribution in [-0.4, -0.2) is 43.0 Å². The van der Waals surface area contributed by atoms with Crippen LogP contribution < -0.4 is 10.6 Å². The average molecular weight is 278 g/mol. The number of nitro groups is 1. The molecule has 2 rings (SSSR count). The lowest BCUT2D eigenvalue weighted by Crippen LogP contribution is -2.56. The molecule has 1 aliphatic carbocycles. The molecule has 1 aromatic carbocycles. The highest BCUT2D eigenvalue weighted by Gasteiger charge is 2.40. The van der Waals surface area contributed by atoms with Crippen molar-refractivity contribution in [1.29, 1.82) is 0 Å². The van der Waals surface area contributed by atoms with Crippen LogP contribution in [-0.2, 0) is 0 Å². The summed E-state index contributed by atoms with van der Waals surface area (Å²) in [5.74, 6) is 0. The van der Waals surface area contributed by atoms with Gasteiger partial charge < -0.3 is 15.5 Å². The molecule has 110 valence electrons. The third-order valence-electron chi connectivity index (χ3n) is 4.40. The third-order valence-corrected chi connectivity index (χ3v) is 4.40. The van der Waals surface area contributed by atoms with Gasteiger partial charge in [-0.3, -0.25) is 10.1 Å². The highest BCUT2D eigenvalue weighted by Crippen LogP contribution is 2.39. The lowest BCUT2D eigenvalue weighted by atomic mass is 9.75. The van der Waals surface area contributed by atoms with E-state index in [1.807, 2.05) is 11.9 Å². The van der Waals surface area contributed by atoms with Crippen molar-refractivity contribution < 1.29 is 4.92 Å². The van der Waals surface area contributed by atoms with Crippen LogP contribution in [0.4, 0.5) is 17.1 Å². The Morgan fingerprint density at radius 1 is 1.35 bits per heavy atom. The second-order valence-corrected chi connectivity index (χ2v) is 5.80. The number of hydrogen-bond donors (Lipinski definition) is 1. The van der Waals surface area contributed by atoms with Crippen LogP contribution >= 0.6 is 0 Å². The van der Waals surface area contributed by atoms with Crippen molar-refractivity contribution in [3.05, 3.63) is 28.3 Å². The Balaban J connectivity index is 2.28. The van der Waals surface area contributed by atoms with E-state index in [1.54, 1.807) is 18.2 Å². The van der Waals surface area contributed by atoms with Crippen LogP contribution in [0.2, 0.25) is 0 Å². The molecule has 0 atom stereocenters. The van der Waals surface area contributed by atoms with E-state index in [4.69, 9.17) is 5.73 Å². The predicted octanol–water partition coefficient (Wildman–Crippen LogP) is 2.10. The topological polar surface area (TPSA) is 75.6 Å². The molecule has 0 spiro atoms. The van der Waals surface area contributed by atoms with Crippen molar-refractivity contribution >= 4 is 17.1 Å². The van der Waals surface area contributed by atoms with Crippen molar-refractivity contribution in [2.45, 2.75) is 24.8 Å². The summed E-state index contributed by atoms with van der Waals surface area (Å²) in [5.41, 5.74) is 6.67. The maximum absolute atomic E-state index is 11.2. The smallest absolute Gasteiger partial charge is 0.315 e. The molecule has 20 heavy (non-hydrogen) atoms. The quantitative estimate of drug-likeness (QED) is 0.507. The molecule has 1 aromatic rings. The Labute approximate surface area is 119 Å². The van der Waals surface area contributed by atoms with E-state index in [2.05, 4.69) is 19.0 Å². The summed E-state index contributed by atoms with van der Waals surface area (Å²) >= 11 is 0. The van der Waals surface area contributed by atoms with Crippen LogP contribution in [0.25, 0.3) is 0 Å². The molecule has 2 N–H and O–H groups in total. The summed E-state index contributed by atoms with van der Waals surface area (Å²) in [6.07, 6.45) is 3.46. The number of nitrogens with two attached hydrogens (primary N) is 1. The van der Waals surface area contributed by atoms with Crippen molar-refractivity contribution in [3.8, 4) is 0 Å². The fourth-order valence-electron chi connectivity index (χ4n) is 2.91. The van der Waals surface area contributed by atoms with Crippen LogP contribution in [0, 0.1) is 10.1 Å². The van der Waals surface area contributed by atoms with Gasteiger partial charge >= 0.3 is 5.69 Å². The van der Waals surface area contributed by atoms with Gasteiger partial charge in [-0.25, -0.2) is 0 Å². The maximum atomic E-state index is 11.2. The van der Waals surface area contributed by atoms with Gasteiger partial charge in [0.1, 0.15) is 11.4 Å². The number of para-hydroxylation sites is 1. The Morgan fingerprint density at radius 2 is 2.00 bits per heavy atom. The van der Waals surface area contributed by atoms with Crippen LogP contribution in [0.15, 0.2) is 18.2 Å². The summed E-state index contributed by atoms with van der Waals surface area (Å²) in [6.45, 7) is 0.768. The highest BCUT2D eigenvalue weighted by molar-refractivity contribution is 5.75. The van der Waals surface area contributed by atoms with Crippen molar-refractivity contribution in [2.75, 3.05) is 38.3 Å². The van der Waals surface area contributed by atoms with Gasteiger partial charge in [0.25, 0.3) is 0 Å². The first-order chi connectivity index (χ1) is 9.37. The van der Waals surface area contributed by atoms with Crippen molar-refractivity contribution in [2.24, 2.45) is 0 Å². The normalized spacial score (nSPS) is 16.8. The number of benzene rings is 1. The molecule has 0 aromatic heterocycles. The lowest BCUT2D eigenvalue weighted by Gasteiger charge is -2.49. The molecular formula is C14H22N4O2. The lowest BCUT2D eigenvalue weighted by molar-refractivity contribution is -0.383. The number of rotatable bonds is 5. The van der Waals surface area contributed by atoms with Gasteiger partial charge in [0.05, 0.1) is 4.92 Å². The number of nitrogens with zero attached hydrogens (tertiary/aromatic N) is 3. The molecule has 1 saturated carbocycles. The minimum absolute atomic E-state index is 0.00299. The van der Waals surface area contributed by atoms with Gasteiger partial charge in [0.15, 0.2) is 0 Å². The van der Waals surface area contributed by atoms with Gasteiger partial charge in [-0.1, -0.05) is 6.07 Å². The highest BCUT2D eigenvalue weighted by atomic mass is 16.6. The molecule has 0 unspecified atom stereocenters. The Kier molecular flexibility index (Phi) is 3.85. The molecule has 0 amide bonds. The zero-order valence-electron chi connectivity index (χ0n) is 12.3. The fraction of sp³-hybridized carbons (Fsp3) is 0.571. The van der Waals surface area contributed by atoms with Crippen LogP contribution in [0.5, 0.6) is 0 Å². The zero-order chi connectivity index (χ0) is 14.9. The Hall–Kier alpha value is -1.82. The summed E-state index contributed by atoms with van der Waals surface area (Å²) < 4.78 is 0. The number of anilines is 2. The summed E-state index contributed by atoms with van der Waals surface area (Å²) in [7, 11) is 6.03. The number of likely N-dealkylation sites (N-methyl/N-ethyl adjacent to an activating group) is 2. The first-order valence-electron chi connectivity index (χ1n) is 6.79. The maximum Gasteiger partial charge on any atom is 0.315 e. The number of nitrogen functional groups attached to an aromatic ring is 1. The molecule has 6 heteroatoms. The summed E-state index contributed by atoms with van der Waals surface area (Å²) in [6, 6.07) is 5.09. The van der Waals surface area contributed by atoms with E-state index < -0.39 is 4.92 Å². The monoisotopic (exact) mass is 278 g/mol. The van der Waals surface area contributed by atoms with Gasteiger partial charge in [0, 0.05) is 19.1 Å². The van der Waals surface area contributed by atoms with E-state index in [1.165, 1.54) is 6.42 Å². The predicted molar refractivity (Wildman–Crippen MR) is 81.0 cm³/mol. The zero-order valence-corrected chi connectivity index (χ0v) is 12.3. The molecule has 0 saturated heterocycles. The van der Waals surface area contributed by atoms with Crippen LogP contribution in [0.3, 0.4) is 0 Å². The van der Waals surface area contributed by atoms with Gasteiger partial charge in [-0.05, 0) is 45.5 Å². The van der Waals surface area contributed by atoms with E-state index in [9.17, 15) is 10.1 Å². The average Bonchev–Trinajstić information content (AvgIpc) is 2.32. The van der Waals surface area contributed by atoms with E-state index in [0.717, 1.165) is 19.4 Å². The largest absolute Gasteiger partial charge is 0.393 e. The standard InChI is InChI=1S/C14H22N4O2/c1-16(2)14(8-5-9-14)10-17(3)12-7-4-6-11(15)13(12)18(19)20/h4,6-7H,5,8-10,15H2,1-3H3. The molecule has 0 aliphatic heterocycles. The second kappa shape index (κ2) is 5.28. The molecule has 0 bridgehead atoms. The SMILES string of the molecule is CN(CC1(N(C)C)CCC1)c1cccc(N)c1[N+](=O)[O-]. The molecular weight excluding hydrogens is 256 g/mol. The van der Waals surface area contributed by atoms with Crippen LogP contribution in [0.1, 0.15) is 19.3 Å². The van der Waals surface area contributed by atoms with Crippen molar-refractivity contribution in [3.63, 3.8) is 0 Å². The number of hydrogen-bond acceptors (Lipinski definition) is 5. The van der Waals surface area contributed by atoms with Crippen molar-refractivity contribution in [1.82, 2.24) is 4.90 Å². The summed E-state index contributed by atoms with van der Waals surface area (Å²) in [5, 5.41) is 11.2. The Bertz CT molecular complexity index is 512. The molecule has 1 aliphatic rings. The third kappa shape index (κ3) is 2.43. The van der Waals surface area contributed by atoms with E-state index in [0.29, 0.717) is 5.69 Å². The molecule has 0 heterocycles. The molecule has 6 nitrogen and oxygen atoms in total. The van der Waals surface area contributed by atoms with Gasteiger partial charge in [-0.2, -0.15) is 0 Å². The first-order valence-corrected chi connectivity index (χ1v) is 6.79. The van der Waals surface area contributed by atoms with E-state index in [-0.39, 0.29) is 16.9 Å². The Morgan fingerprint density at radius 3 is 2.45 bits per heavy atom. The minimum atomic E-state index is -0.399. The second-order valence-electron chi connectivity index (χ2n) is 5.80. The van der Waals surface area contributed by atoms with Gasteiger partial charge in [-0.15, -0.1) is 0 Å². The molecule has 0 radical (unpaired) electrons.